The van der Waals surface area contributed by atoms with E-state index < -0.39 is 12.3 Å². The van der Waals surface area contributed by atoms with Crippen LogP contribution in [0.4, 0.5) is 4.79 Å². The van der Waals surface area contributed by atoms with Gasteiger partial charge in [-0.15, -0.1) is 0 Å². The number of rotatable bonds is 12. The topological polar surface area (TPSA) is 82.1 Å². The van der Waals surface area contributed by atoms with Gasteiger partial charge in [0, 0.05) is 24.7 Å². The highest BCUT2D eigenvalue weighted by Gasteiger charge is 2.49. The quantitative estimate of drug-likeness (QED) is 0.302. The van der Waals surface area contributed by atoms with Gasteiger partial charge >= 0.3 is 12.1 Å². The van der Waals surface area contributed by atoms with E-state index in [2.05, 4.69) is 23.8 Å². The van der Waals surface area contributed by atoms with Gasteiger partial charge in [-0.25, -0.2) is 4.79 Å². The zero-order valence-electron chi connectivity index (χ0n) is 17.0. The molecule has 1 saturated carbocycles. The van der Waals surface area contributed by atoms with Gasteiger partial charge in [0.1, 0.15) is 12.2 Å². The minimum absolute atomic E-state index is 0.0528. The van der Waals surface area contributed by atoms with E-state index in [1.165, 1.54) is 7.11 Å². The van der Waals surface area contributed by atoms with Crippen LogP contribution >= 0.6 is 0 Å². The van der Waals surface area contributed by atoms with Crippen molar-refractivity contribution in [1.82, 2.24) is 0 Å². The Kier molecular flexibility index (Phi) is 9.55. The summed E-state index contributed by atoms with van der Waals surface area (Å²) in [6, 6.07) is 0. The number of hydrogen-bond acceptors (Lipinski definition) is 6. The third-order valence-electron chi connectivity index (χ3n) is 5.57. The standard InChI is InChI=1S/C22H34O6/c1-3-4-7-10-16(23)13-14-18-17(19-15-20(18)28-22(25)27-19)11-8-5-6-9-12-21(24)26-2/h5,8,13-14,16-20,23H,3-4,6-7,9-12,15H2,1-2H3/b8-5-,14-13+/t16-,17+,18+,19+,20-/m0/s1. The van der Waals surface area contributed by atoms with Crippen molar-refractivity contribution in [1.29, 1.82) is 0 Å². The number of unbranched alkanes of at least 4 members (excludes halogenated alkanes) is 3. The molecule has 0 spiro atoms. The molecule has 0 aromatic rings. The predicted octanol–water partition coefficient (Wildman–Crippen LogP) is 4.31. The van der Waals surface area contributed by atoms with Crippen molar-refractivity contribution in [3.63, 3.8) is 0 Å². The van der Waals surface area contributed by atoms with Gasteiger partial charge in [0.05, 0.1) is 13.2 Å². The molecule has 0 aromatic heterocycles. The number of hydrogen-bond donors (Lipinski definition) is 1. The van der Waals surface area contributed by atoms with Crippen LogP contribution in [0.1, 0.15) is 64.7 Å². The van der Waals surface area contributed by atoms with Crippen molar-refractivity contribution in [2.45, 2.75) is 83.0 Å². The Labute approximate surface area is 167 Å². The summed E-state index contributed by atoms with van der Waals surface area (Å²) in [5.74, 6) is 0.00846. The van der Waals surface area contributed by atoms with E-state index in [0.29, 0.717) is 12.8 Å². The molecule has 2 aliphatic rings. The molecule has 1 saturated heterocycles. The highest BCUT2D eigenvalue weighted by Crippen LogP contribution is 2.43. The third kappa shape index (κ3) is 6.97. The Bertz CT molecular complexity index is 555. The van der Waals surface area contributed by atoms with E-state index in [9.17, 15) is 14.7 Å². The summed E-state index contributed by atoms with van der Waals surface area (Å²) in [5.41, 5.74) is 0. The first-order valence-corrected chi connectivity index (χ1v) is 10.5. The van der Waals surface area contributed by atoms with Gasteiger partial charge in [0.15, 0.2) is 0 Å². The molecular formula is C22H34O6. The van der Waals surface area contributed by atoms with Crippen LogP contribution in [0, 0.1) is 11.8 Å². The van der Waals surface area contributed by atoms with E-state index >= 15 is 0 Å². The SMILES string of the molecule is CCCCC[C@H](O)/C=C/[C@@H]1[C@@H](C/C=C\CCCC(=O)OC)[C@H]2C[C@@H]1OC(=O)O2. The number of carbonyl (C=O) groups is 2. The predicted molar refractivity (Wildman–Crippen MR) is 106 cm³/mol. The lowest BCUT2D eigenvalue weighted by molar-refractivity contribution is -0.140. The molecule has 0 amide bonds. The highest BCUT2D eigenvalue weighted by atomic mass is 16.7. The second-order valence-corrected chi connectivity index (χ2v) is 7.66. The Morgan fingerprint density at radius 3 is 2.79 bits per heavy atom. The zero-order chi connectivity index (χ0) is 20.4. The summed E-state index contributed by atoms with van der Waals surface area (Å²) in [5, 5.41) is 10.2. The first-order valence-electron chi connectivity index (χ1n) is 10.5. The molecule has 1 N–H and O–H groups in total. The molecule has 6 nitrogen and oxygen atoms in total. The van der Waals surface area contributed by atoms with Crippen molar-refractivity contribution in [3.8, 4) is 0 Å². The van der Waals surface area contributed by atoms with Gasteiger partial charge in [0.2, 0.25) is 0 Å². The summed E-state index contributed by atoms with van der Waals surface area (Å²) in [6.07, 6.45) is 14.1. The molecule has 0 unspecified atom stereocenters. The Morgan fingerprint density at radius 1 is 1.25 bits per heavy atom. The molecule has 2 fully saturated rings. The molecule has 5 atom stereocenters. The van der Waals surface area contributed by atoms with E-state index in [1.807, 2.05) is 12.2 Å². The van der Waals surface area contributed by atoms with Gasteiger partial charge in [-0.05, 0) is 25.7 Å². The lowest BCUT2D eigenvalue weighted by Gasteiger charge is -2.20. The van der Waals surface area contributed by atoms with Gasteiger partial charge < -0.3 is 19.3 Å². The van der Waals surface area contributed by atoms with Gasteiger partial charge in [-0.3, -0.25) is 4.79 Å². The average molecular weight is 395 g/mol. The summed E-state index contributed by atoms with van der Waals surface area (Å²) in [6.45, 7) is 2.14. The lowest BCUT2D eigenvalue weighted by Crippen LogP contribution is -2.28. The van der Waals surface area contributed by atoms with Crippen molar-refractivity contribution < 1.29 is 28.9 Å². The van der Waals surface area contributed by atoms with Gasteiger partial charge in [-0.2, -0.15) is 0 Å². The summed E-state index contributed by atoms with van der Waals surface area (Å²) < 4.78 is 15.4. The van der Waals surface area contributed by atoms with Crippen LogP contribution in [0.2, 0.25) is 0 Å². The molecule has 2 rings (SSSR count). The highest BCUT2D eigenvalue weighted by molar-refractivity contribution is 5.69. The first kappa shape index (κ1) is 22.5. The number of carbonyl (C=O) groups excluding carboxylic acids is 2. The molecular weight excluding hydrogens is 360 g/mol. The summed E-state index contributed by atoms with van der Waals surface area (Å²) in [7, 11) is 1.40. The fourth-order valence-electron chi connectivity index (χ4n) is 3.99. The molecule has 2 bridgehead atoms. The van der Waals surface area contributed by atoms with E-state index in [-0.39, 0.29) is 30.0 Å². The number of ether oxygens (including phenoxy) is 3. The second-order valence-electron chi connectivity index (χ2n) is 7.66. The number of aliphatic hydroxyl groups is 1. The molecule has 1 heterocycles. The molecule has 6 heteroatoms. The number of esters is 1. The van der Waals surface area contributed by atoms with Gasteiger partial charge in [-0.1, -0.05) is 50.5 Å². The van der Waals surface area contributed by atoms with E-state index in [4.69, 9.17) is 9.47 Å². The first-order chi connectivity index (χ1) is 13.5. The fraction of sp³-hybridized carbons (Fsp3) is 0.727. The minimum Gasteiger partial charge on any atom is -0.469 e. The number of aliphatic hydroxyl groups excluding tert-OH is 1. The van der Waals surface area contributed by atoms with Crippen molar-refractivity contribution in [2.75, 3.05) is 7.11 Å². The molecule has 158 valence electrons. The molecule has 1 aliphatic heterocycles. The van der Waals surface area contributed by atoms with Crippen molar-refractivity contribution >= 4 is 12.1 Å². The van der Waals surface area contributed by atoms with Crippen LogP contribution in [-0.4, -0.2) is 42.7 Å². The minimum atomic E-state index is -0.590. The van der Waals surface area contributed by atoms with Gasteiger partial charge in [0.25, 0.3) is 0 Å². The lowest BCUT2D eigenvalue weighted by atomic mass is 9.89. The normalized spacial score (nSPS) is 27.8. The molecule has 0 aromatic carbocycles. The fourth-order valence-corrected chi connectivity index (χ4v) is 3.99. The Hall–Kier alpha value is -1.82. The van der Waals surface area contributed by atoms with Crippen molar-refractivity contribution in [2.24, 2.45) is 11.8 Å². The van der Waals surface area contributed by atoms with Crippen LogP contribution in [0.25, 0.3) is 0 Å². The smallest absolute Gasteiger partial charge is 0.469 e. The van der Waals surface area contributed by atoms with E-state index in [1.54, 1.807) is 0 Å². The van der Waals surface area contributed by atoms with Crippen LogP contribution in [-0.2, 0) is 19.0 Å². The van der Waals surface area contributed by atoms with E-state index in [0.717, 1.165) is 44.9 Å². The maximum absolute atomic E-state index is 11.7. The van der Waals surface area contributed by atoms with Crippen LogP contribution < -0.4 is 0 Å². The molecule has 28 heavy (non-hydrogen) atoms. The molecule has 0 radical (unpaired) electrons. The van der Waals surface area contributed by atoms with Crippen LogP contribution in [0.5, 0.6) is 0 Å². The van der Waals surface area contributed by atoms with Crippen molar-refractivity contribution in [3.05, 3.63) is 24.3 Å². The Balaban J connectivity index is 1.88. The maximum Gasteiger partial charge on any atom is 0.508 e. The second kappa shape index (κ2) is 11.9. The third-order valence-corrected chi connectivity index (χ3v) is 5.57. The van der Waals surface area contributed by atoms with Crippen LogP contribution in [0.3, 0.4) is 0 Å². The Morgan fingerprint density at radius 2 is 2.04 bits per heavy atom. The average Bonchev–Trinajstić information content (AvgIpc) is 2.92. The summed E-state index contributed by atoms with van der Waals surface area (Å²) >= 11 is 0. The number of methoxy groups -OCH3 is 1. The number of allylic oxidation sites excluding steroid dienone is 2. The van der Waals surface area contributed by atoms with Crippen LogP contribution in [0.15, 0.2) is 24.3 Å². The summed E-state index contributed by atoms with van der Waals surface area (Å²) in [4.78, 5) is 22.8. The zero-order valence-corrected chi connectivity index (χ0v) is 17.0. The monoisotopic (exact) mass is 394 g/mol. The maximum atomic E-state index is 11.7. The number of fused-ring (bicyclic) bond motifs is 2. The molecule has 1 aliphatic carbocycles. The largest absolute Gasteiger partial charge is 0.508 e.